The van der Waals surface area contributed by atoms with Gasteiger partial charge in [-0.3, -0.25) is 14.5 Å². The number of rotatable bonds is 4. The summed E-state index contributed by atoms with van der Waals surface area (Å²) in [6, 6.07) is 4.32. The lowest BCUT2D eigenvalue weighted by molar-refractivity contribution is -0.133. The van der Waals surface area contributed by atoms with Gasteiger partial charge in [0, 0.05) is 5.69 Å². The average Bonchev–Trinajstić information content (AvgIpc) is 3.17. The topological polar surface area (TPSA) is 105 Å². The molecule has 0 radical (unpaired) electrons. The number of methoxy groups -OCH3 is 1. The van der Waals surface area contributed by atoms with Crippen molar-refractivity contribution in [3.05, 3.63) is 29.3 Å². The van der Waals surface area contributed by atoms with E-state index in [-0.39, 0.29) is 12.5 Å². The van der Waals surface area contributed by atoms with Crippen molar-refractivity contribution < 1.29 is 23.9 Å². The fraction of sp³-hybridized carbons (Fsp3) is 0.444. The van der Waals surface area contributed by atoms with Crippen LogP contribution in [-0.2, 0) is 14.3 Å². The van der Waals surface area contributed by atoms with Crippen LogP contribution in [0.5, 0.6) is 0 Å². The lowest BCUT2D eigenvalue weighted by Crippen LogP contribution is -2.44. The van der Waals surface area contributed by atoms with E-state index in [0.717, 1.165) is 17.7 Å². The minimum atomic E-state index is -0.835. The molecule has 1 aliphatic heterocycles. The predicted molar refractivity (Wildman–Crippen MR) is 92.6 cm³/mol. The highest BCUT2D eigenvalue weighted by molar-refractivity contribution is 6.10. The third-order valence-corrected chi connectivity index (χ3v) is 5.02. The molecule has 1 aliphatic carbocycles. The highest BCUT2D eigenvalue weighted by Crippen LogP contribution is 2.35. The number of hydrogen-bond donors (Lipinski definition) is 2. The number of nitrogens with zero attached hydrogens (tertiary/aromatic N) is 1. The fourth-order valence-corrected chi connectivity index (χ4v) is 3.57. The predicted octanol–water partition coefficient (Wildman–Crippen LogP) is 1.58. The van der Waals surface area contributed by atoms with E-state index in [1.165, 1.54) is 7.11 Å². The summed E-state index contributed by atoms with van der Waals surface area (Å²) in [4.78, 5) is 49.8. The lowest BCUT2D eigenvalue weighted by atomic mass is 9.98. The Bertz CT molecular complexity index is 783. The van der Waals surface area contributed by atoms with Crippen LogP contribution in [0.15, 0.2) is 18.2 Å². The maximum atomic E-state index is 12.6. The zero-order valence-electron chi connectivity index (χ0n) is 14.8. The molecule has 8 heteroatoms. The van der Waals surface area contributed by atoms with E-state index >= 15 is 0 Å². The third-order valence-electron chi connectivity index (χ3n) is 5.02. The highest BCUT2D eigenvalue weighted by atomic mass is 16.5. The molecule has 1 aromatic carbocycles. The number of ether oxygens (including phenoxy) is 1. The largest absolute Gasteiger partial charge is 0.465 e. The molecule has 2 fully saturated rings. The molecule has 4 amide bonds. The Morgan fingerprint density at radius 1 is 1.27 bits per heavy atom. The molecular weight excluding hydrogens is 338 g/mol. The summed E-state index contributed by atoms with van der Waals surface area (Å²) in [5.74, 6) is -1.35. The van der Waals surface area contributed by atoms with Gasteiger partial charge in [0.05, 0.1) is 12.7 Å². The zero-order valence-corrected chi connectivity index (χ0v) is 14.8. The number of nitrogens with one attached hydrogen (secondary N) is 2. The van der Waals surface area contributed by atoms with Crippen molar-refractivity contribution in [1.82, 2.24) is 10.2 Å². The Morgan fingerprint density at radius 3 is 2.62 bits per heavy atom. The number of amides is 4. The van der Waals surface area contributed by atoms with Crippen LogP contribution in [-0.4, -0.2) is 47.9 Å². The zero-order chi connectivity index (χ0) is 18.9. The van der Waals surface area contributed by atoms with Gasteiger partial charge >= 0.3 is 12.0 Å². The highest BCUT2D eigenvalue weighted by Gasteiger charge is 2.52. The molecule has 2 N–H and O–H groups in total. The van der Waals surface area contributed by atoms with Crippen LogP contribution in [0.2, 0.25) is 0 Å². The number of imide groups is 1. The number of esters is 1. The van der Waals surface area contributed by atoms with Gasteiger partial charge in [-0.15, -0.1) is 0 Å². The minimum Gasteiger partial charge on any atom is -0.465 e. The average molecular weight is 359 g/mol. The van der Waals surface area contributed by atoms with Gasteiger partial charge in [0.15, 0.2) is 0 Å². The van der Waals surface area contributed by atoms with E-state index in [0.29, 0.717) is 29.7 Å². The summed E-state index contributed by atoms with van der Waals surface area (Å²) in [5.41, 5.74) is 0.487. The van der Waals surface area contributed by atoms with E-state index in [2.05, 4.69) is 10.6 Å². The Kier molecular flexibility index (Phi) is 4.67. The van der Waals surface area contributed by atoms with Crippen LogP contribution in [0.3, 0.4) is 0 Å². The monoisotopic (exact) mass is 359 g/mol. The molecule has 138 valence electrons. The molecule has 1 saturated carbocycles. The number of benzene rings is 1. The SMILES string of the molecule is COC(=O)c1cccc(NC(=O)CN2C(=O)NC3(CCCC3)C2=O)c1C. The van der Waals surface area contributed by atoms with Crippen molar-refractivity contribution in [2.24, 2.45) is 0 Å². The van der Waals surface area contributed by atoms with E-state index in [4.69, 9.17) is 4.74 Å². The number of carbonyl (C=O) groups is 4. The second-order valence-electron chi connectivity index (χ2n) is 6.63. The van der Waals surface area contributed by atoms with E-state index in [9.17, 15) is 19.2 Å². The first-order valence-electron chi connectivity index (χ1n) is 8.50. The Morgan fingerprint density at radius 2 is 1.96 bits per heavy atom. The normalized spacial score (nSPS) is 18.2. The molecule has 3 rings (SSSR count). The van der Waals surface area contributed by atoms with Gasteiger partial charge in [0.25, 0.3) is 5.91 Å². The molecule has 0 atom stereocenters. The maximum Gasteiger partial charge on any atom is 0.338 e. The number of anilines is 1. The summed E-state index contributed by atoms with van der Waals surface area (Å²) in [7, 11) is 1.28. The first kappa shape index (κ1) is 17.9. The summed E-state index contributed by atoms with van der Waals surface area (Å²) < 4.78 is 4.71. The van der Waals surface area contributed by atoms with Crippen LogP contribution >= 0.6 is 0 Å². The maximum absolute atomic E-state index is 12.6. The molecule has 0 unspecified atom stereocenters. The standard InChI is InChI=1S/C18H21N3O5/c1-11-12(15(23)26-2)6-5-7-13(11)19-14(22)10-21-16(24)18(20-17(21)25)8-3-4-9-18/h5-7H,3-4,8-10H2,1-2H3,(H,19,22)(H,20,25). The summed E-state index contributed by atoms with van der Waals surface area (Å²) >= 11 is 0. The van der Waals surface area contributed by atoms with Crippen molar-refractivity contribution in [2.75, 3.05) is 19.0 Å². The molecule has 1 saturated heterocycles. The molecule has 1 aromatic rings. The minimum absolute atomic E-state index is 0.338. The van der Waals surface area contributed by atoms with Crippen LogP contribution in [0.25, 0.3) is 0 Å². The van der Waals surface area contributed by atoms with Crippen molar-refractivity contribution in [3.8, 4) is 0 Å². The molecule has 26 heavy (non-hydrogen) atoms. The van der Waals surface area contributed by atoms with Crippen LogP contribution in [0.1, 0.15) is 41.6 Å². The Labute approximate surface area is 150 Å². The van der Waals surface area contributed by atoms with Gasteiger partial charge in [0.2, 0.25) is 5.91 Å². The van der Waals surface area contributed by atoms with Gasteiger partial charge in [-0.2, -0.15) is 0 Å². The van der Waals surface area contributed by atoms with Gasteiger partial charge < -0.3 is 15.4 Å². The molecule has 8 nitrogen and oxygen atoms in total. The Balaban J connectivity index is 1.71. The van der Waals surface area contributed by atoms with Gasteiger partial charge in [-0.1, -0.05) is 18.9 Å². The molecule has 2 aliphatic rings. The van der Waals surface area contributed by atoms with Crippen LogP contribution in [0.4, 0.5) is 10.5 Å². The van der Waals surface area contributed by atoms with Crippen molar-refractivity contribution in [1.29, 1.82) is 0 Å². The van der Waals surface area contributed by atoms with Gasteiger partial charge in [-0.25, -0.2) is 9.59 Å². The smallest absolute Gasteiger partial charge is 0.338 e. The second kappa shape index (κ2) is 6.78. The molecular formula is C18H21N3O5. The Hall–Kier alpha value is -2.90. The van der Waals surface area contributed by atoms with E-state index in [1.807, 2.05) is 0 Å². The number of hydrogen-bond acceptors (Lipinski definition) is 5. The fourth-order valence-electron chi connectivity index (χ4n) is 3.57. The van der Waals surface area contributed by atoms with Crippen molar-refractivity contribution >= 4 is 29.5 Å². The lowest BCUT2D eigenvalue weighted by Gasteiger charge is -2.20. The second-order valence-corrected chi connectivity index (χ2v) is 6.63. The molecule has 1 spiro atoms. The van der Waals surface area contributed by atoms with Crippen molar-refractivity contribution in [3.63, 3.8) is 0 Å². The van der Waals surface area contributed by atoms with Gasteiger partial charge in [0.1, 0.15) is 12.1 Å². The summed E-state index contributed by atoms with van der Waals surface area (Å²) in [6.07, 6.45) is 2.98. The van der Waals surface area contributed by atoms with Crippen LogP contribution in [0, 0.1) is 6.92 Å². The van der Waals surface area contributed by atoms with E-state index < -0.39 is 23.4 Å². The molecule has 0 bridgehead atoms. The number of carbonyl (C=O) groups excluding carboxylic acids is 4. The first-order valence-corrected chi connectivity index (χ1v) is 8.50. The third kappa shape index (κ3) is 3.02. The molecule has 0 aromatic heterocycles. The summed E-state index contributed by atoms with van der Waals surface area (Å²) in [5, 5.41) is 5.39. The molecule has 1 heterocycles. The summed E-state index contributed by atoms with van der Waals surface area (Å²) in [6.45, 7) is 1.32. The van der Waals surface area contributed by atoms with Gasteiger partial charge in [-0.05, 0) is 37.5 Å². The van der Waals surface area contributed by atoms with E-state index in [1.54, 1.807) is 25.1 Å². The van der Waals surface area contributed by atoms with Crippen molar-refractivity contribution in [2.45, 2.75) is 38.1 Å². The van der Waals surface area contributed by atoms with Crippen LogP contribution < -0.4 is 10.6 Å². The quantitative estimate of drug-likeness (QED) is 0.627. The first-order chi connectivity index (χ1) is 12.4. The number of urea groups is 1.